The number of carboxylic acids is 1. The molecular formula is C11H13ClN2O3. The molecular weight excluding hydrogens is 244 g/mol. The van der Waals surface area contributed by atoms with E-state index < -0.39 is 12.0 Å². The van der Waals surface area contributed by atoms with Crippen molar-refractivity contribution in [3.63, 3.8) is 0 Å². The van der Waals surface area contributed by atoms with E-state index in [-0.39, 0.29) is 6.61 Å². The molecule has 17 heavy (non-hydrogen) atoms. The first-order chi connectivity index (χ1) is 8.18. The Hall–Kier alpha value is -1.17. The highest BCUT2D eigenvalue weighted by molar-refractivity contribution is 6.31. The van der Waals surface area contributed by atoms with Crippen LogP contribution in [-0.4, -0.2) is 46.8 Å². The summed E-state index contributed by atoms with van der Waals surface area (Å²) in [5, 5.41) is 9.65. The van der Waals surface area contributed by atoms with Crippen molar-refractivity contribution in [1.29, 1.82) is 0 Å². The molecule has 1 aliphatic heterocycles. The Morgan fingerprint density at radius 1 is 1.71 bits per heavy atom. The van der Waals surface area contributed by atoms with Gasteiger partial charge >= 0.3 is 5.97 Å². The number of hydrogen-bond acceptors (Lipinski definition) is 4. The number of carboxylic acid groups (broad SMARTS) is 1. The lowest BCUT2D eigenvalue weighted by Crippen LogP contribution is -2.49. The number of nitrogens with zero attached hydrogens (tertiary/aromatic N) is 2. The van der Waals surface area contributed by atoms with Crippen molar-refractivity contribution < 1.29 is 14.6 Å². The number of carbonyl (C=O) groups is 1. The van der Waals surface area contributed by atoms with Crippen LogP contribution in [0.2, 0.25) is 5.02 Å². The number of rotatable bonds is 3. The lowest BCUT2D eigenvalue weighted by atomic mass is 10.2. The maximum absolute atomic E-state index is 11.1. The Morgan fingerprint density at radius 2 is 2.53 bits per heavy atom. The van der Waals surface area contributed by atoms with Gasteiger partial charge in [0.2, 0.25) is 0 Å². The van der Waals surface area contributed by atoms with Gasteiger partial charge in [-0.15, -0.1) is 0 Å². The van der Waals surface area contributed by atoms with E-state index in [0.29, 0.717) is 24.7 Å². The molecule has 0 spiro atoms. The third kappa shape index (κ3) is 2.94. The standard InChI is InChI=1S/C11H13ClN2O3/c12-9-5-13-2-1-8(9)6-14-3-4-17-7-10(14)11(15)16/h1-2,5,10H,3-4,6-7H2,(H,15,16). The fraction of sp³-hybridized carbons (Fsp3) is 0.455. The van der Waals surface area contributed by atoms with Crippen LogP contribution >= 0.6 is 11.6 Å². The van der Waals surface area contributed by atoms with Crippen molar-refractivity contribution in [1.82, 2.24) is 9.88 Å². The highest BCUT2D eigenvalue weighted by atomic mass is 35.5. The summed E-state index contributed by atoms with van der Waals surface area (Å²) in [5.41, 5.74) is 0.884. The molecule has 2 heterocycles. The van der Waals surface area contributed by atoms with Crippen LogP contribution in [0.3, 0.4) is 0 Å². The third-order valence-electron chi connectivity index (χ3n) is 2.75. The number of morpholine rings is 1. The molecule has 0 bridgehead atoms. The van der Waals surface area contributed by atoms with Gasteiger partial charge < -0.3 is 9.84 Å². The van der Waals surface area contributed by atoms with Gasteiger partial charge in [-0.2, -0.15) is 0 Å². The Balaban J connectivity index is 2.11. The summed E-state index contributed by atoms with van der Waals surface area (Å²) in [6.07, 6.45) is 3.21. The molecule has 0 radical (unpaired) electrons. The van der Waals surface area contributed by atoms with Gasteiger partial charge in [0.1, 0.15) is 6.04 Å². The normalized spacial score (nSPS) is 21.4. The minimum atomic E-state index is -0.866. The van der Waals surface area contributed by atoms with Gasteiger partial charge in [-0.3, -0.25) is 14.7 Å². The predicted molar refractivity (Wildman–Crippen MR) is 61.9 cm³/mol. The Kier molecular flexibility index (Phi) is 3.93. The van der Waals surface area contributed by atoms with E-state index >= 15 is 0 Å². The fourth-order valence-corrected chi connectivity index (χ4v) is 1.98. The van der Waals surface area contributed by atoms with Crippen LogP contribution < -0.4 is 0 Å². The SMILES string of the molecule is O=C(O)C1COCCN1Cc1ccncc1Cl. The second kappa shape index (κ2) is 5.44. The zero-order valence-electron chi connectivity index (χ0n) is 9.17. The highest BCUT2D eigenvalue weighted by Gasteiger charge is 2.29. The molecule has 0 saturated carbocycles. The fourth-order valence-electron chi connectivity index (χ4n) is 1.81. The minimum Gasteiger partial charge on any atom is -0.480 e. The maximum atomic E-state index is 11.1. The molecule has 1 aromatic rings. The van der Waals surface area contributed by atoms with Crippen molar-refractivity contribution in [2.75, 3.05) is 19.8 Å². The van der Waals surface area contributed by atoms with E-state index in [1.54, 1.807) is 18.5 Å². The first kappa shape index (κ1) is 12.3. The molecule has 92 valence electrons. The van der Waals surface area contributed by atoms with Crippen molar-refractivity contribution in [2.45, 2.75) is 12.6 Å². The quantitative estimate of drug-likeness (QED) is 0.875. The van der Waals surface area contributed by atoms with Crippen LogP contribution in [0.1, 0.15) is 5.56 Å². The molecule has 1 unspecified atom stereocenters. The zero-order chi connectivity index (χ0) is 12.3. The van der Waals surface area contributed by atoms with Gasteiger partial charge in [-0.25, -0.2) is 0 Å². The maximum Gasteiger partial charge on any atom is 0.323 e. The monoisotopic (exact) mass is 256 g/mol. The van der Waals surface area contributed by atoms with Crippen LogP contribution in [0.25, 0.3) is 0 Å². The van der Waals surface area contributed by atoms with E-state index in [1.807, 2.05) is 4.90 Å². The average Bonchev–Trinajstić information content (AvgIpc) is 2.32. The third-order valence-corrected chi connectivity index (χ3v) is 3.09. The molecule has 1 atom stereocenters. The van der Waals surface area contributed by atoms with Crippen molar-refractivity contribution in [3.05, 3.63) is 29.0 Å². The highest BCUT2D eigenvalue weighted by Crippen LogP contribution is 2.18. The van der Waals surface area contributed by atoms with Gasteiger partial charge in [0.25, 0.3) is 0 Å². The van der Waals surface area contributed by atoms with Gasteiger partial charge in [0, 0.05) is 25.5 Å². The Labute approximate surface area is 104 Å². The second-order valence-electron chi connectivity index (χ2n) is 3.87. The molecule has 0 amide bonds. The molecule has 5 nitrogen and oxygen atoms in total. The number of ether oxygens (including phenoxy) is 1. The van der Waals surface area contributed by atoms with Crippen LogP contribution in [0, 0.1) is 0 Å². The summed E-state index contributed by atoms with van der Waals surface area (Å²) in [6.45, 7) is 1.86. The summed E-state index contributed by atoms with van der Waals surface area (Å²) >= 11 is 6.00. The largest absolute Gasteiger partial charge is 0.480 e. The molecule has 1 aliphatic rings. The number of aliphatic carboxylic acids is 1. The van der Waals surface area contributed by atoms with Crippen molar-refractivity contribution >= 4 is 17.6 Å². The summed E-state index contributed by atoms with van der Waals surface area (Å²) in [4.78, 5) is 16.8. The second-order valence-corrected chi connectivity index (χ2v) is 4.27. The van der Waals surface area contributed by atoms with Gasteiger partial charge in [-0.05, 0) is 11.6 Å². The van der Waals surface area contributed by atoms with Gasteiger partial charge in [-0.1, -0.05) is 11.6 Å². The lowest BCUT2D eigenvalue weighted by molar-refractivity contribution is -0.150. The van der Waals surface area contributed by atoms with E-state index in [4.69, 9.17) is 21.4 Å². The lowest BCUT2D eigenvalue weighted by Gasteiger charge is -2.32. The number of halogens is 1. The summed E-state index contributed by atoms with van der Waals surface area (Å²) < 4.78 is 5.17. The average molecular weight is 257 g/mol. The molecule has 6 heteroatoms. The molecule has 1 aromatic heterocycles. The molecule has 2 rings (SSSR count). The molecule has 0 aromatic carbocycles. The zero-order valence-corrected chi connectivity index (χ0v) is 9.93. The van der Waals surface area contributed by atoms with Crippen LogP contribution in [0.15, 0.2) is 18.5 Å². The summed E-state index contributed by atoms with van der Waals surface area (Å²) in [5.74, 6) is -0.866. The van der Waals surface area contributed by atoms with E-state index in [2.05, 4.69) is 4.98 Å². The predicted octanol–water partition coefficient (Wildman–Crippen LogP) is 1.02. The summed E-state index contributed by atoms with van der Waals surface area (Å²) in [6, 6.07) is 1.20. The van der Waals surface area contributed by atoms with E-state index in [0.717, 1.165) is 5.56 Å². The molecule has 1 fully saturated rings. The van der Waals surface area contributed by atoms with Crippen molar-refractivity contribution in [2.24, 2.45) is 0 Å². The van der Waals surface area contributed by atoms with Crippen LogP contribution in [-0.2, 0) is 16.1 Å². The minimum absolute atomic E-state index is 0.220. The molecule has 1 saturated heterocycles. The van der Waals surface area contributed by atoms with Crippen LogP contribution in [0.5, 0.6) is 0 Å². The first-order valence-corrected chi connectivity index (χ1v) is 5.69. The molecule has 0 aliphatic carbocycles. The molecule has 1 N–H and O–H groups in total. The number of pyridine rings is 1. The Morgan fingerprint density at radius 3 is 3.24 bits per heavy atom. The number of aromatic nitrogens is 1. The topological polar surface area (TPSA) is 62.7 Å². The Bertz CT molecular complexity index is 413. The van der Waals surface area contributed by atoms with Crippen molar-refractivity contribution in [3.8, 4) is 0 Å². The smallest absolute Gasteiger partial charge is 0.323 e. The van der Waals surface area contributed by atoms with Gasteiger partial charge in [0.15, 0.2) is 0 Å². The van der Waals surface area contributed by atoms with E-state index in [9.17, 15) is 4.79 Å². The number of hydrogen-bond donors (Lipinski definition) is 1. The summed E-state index contributed by atoms with van der Waals surface area (Å²) in [7, 11) is 0. The van der Waals surface area contributed by atoms with Crippen LogP contribution in [0.4, 0.5) is 0 Å². The van der Waals surface area contributed by atoms with E-state index in [1.165, 1.54) is 0 Å². The first-order valence-electron chi connectivity index (χ1n) is 5.31. The van der Waals surface area contributed by atoms with Gasteiger partial charge in [0.05, 0.1) is 18.2 Å².